The lowest BCUT2D eigenvalue weighted by atomic mass is 10.1. The second kappa shape index (κ2) is 6.01. The van der Waals surface area contributed by atoms with E-state index >= 15 is 0 Å². The summed E-state index contributed by atoms with van der Waals surface area (Å²) in [6.45, 7) is 8.65. The summed E-state index contributed by atoms with van der Waals surface area (Å²) in [6.07, 6.45) is 3.80. The highest BCUT2D eigenvalue weighted by molar-refractivity contribution is 9.10. The Bertz CT molecular complexity index is 232. The molecule has 1 rings (SSSR count). The Kier molecular flexibility index (Phi) is 5.25. The van der Waals surface area contributed by atoms with Crippen LogP contribution >= 0.6 is 15.9 Å². The van der Waals surface area contributed by atoms with Gasteiger partial charge in [0.05, 0.1) is 0 Å². The number of hydrogen-bond acceptors (Lipinski definition) is 3. The Labute approximate surface area is 107 Å². The van der Waals surface area contributed by atoms with Crippen LogP contribution in [0.4, 0.5) is 0 Å². The van der Waals surface area contributed by atoms with Crippen LogP contribution in [0.5, 0.6) is 0 Å². The Hall–Kier alpha value is -0.0900. The molecule has 1 aliphatic rings. The smallest absolute Gasteiger partial charge is 0.321 e. The summed E-state index contributed by atoms with van der Waals surface area (Å²) in [6, 6.07) is 0. The molecule has 1 atom stereocenters. The average Bonchev–Trinajstić information content (AvgIpc) is 2.16. The summed E-state index contributed by atoms with van der Waals surface area (Å²) in [5.74, 6) is -0.155. The van der Waals surface area contributed by atoms with Gasteiger partial charge in [0, 0.05) is 6.54 Å². The zero-order chi connectivity index (χ0) is 12.2. The first-order valence-electron chi connectivity index (χ1n) is 5.98. The molecule has 1 unspecified atom stereocenters. The normalized spacial score (nSPS) is 20.5. The quantitative estimate of drug-likeness (QED) is 0.591. The third kappa shape index (κ3) is 5.30. The lowest BCUT2D eigenvalue weighted by Crippen LogP contribution is -2.39. The fourth-order valence-electron chi connectivity index (χ4n) is 1.81. The first-order valence-corrected chi connectivity index (χ1v) is 6.89. The fourth-order valence-corrected chi connectivity index (χ4v) is 2.31. The van der Waals surface area contributed by atoms with E-state index in [4.69, 9.17) is 4.74 Å². The molecule has 16 heavy (non-hydrogen) atoms. The molecule has 0 aromatic carbocycles. The van der Waals surface area contributed by atoms with Gasteiger partial charge in [-0.1, -0.05) is 22.4 Å². The molecule has 0 N–H and O–H groups in total. The van der Waals surface area contributed by atoms with E-state index in [1.54, 1.807) is 0 Å². The molecule has 0 aliphatic carbocycles. The molecule has 4 heteroatoms. The van der Waals surface area contributed by atoms with Gasteiger partial charge in [-0.25, -0.2) is 0 Å². The van der Waals surface area contributed by atoms with Crippen LogP contribution in [0.2, 0.25) is 0 Å². The van der Waals surface area contributed by atoms with E-state index in [2.05, 4.69) is 20.8 Å². The molecule has 0 bridgehead atoms. The van der Waals surface area contributed by atoms with Gasteiger partial charge in [0.25, 0.3) is 0 Å². The molecular formula is C12H22BrNO2. The van der Waals surface area contributed by atoms with Gasteiger partial charge in [-0.2, -0.15) is 0 Å². The molecule has 1 aliphatic heterocycles. The number of carbonyl (C=O) groups is 1. The van der Waals surface area contributed by atoms with Gasteiger partial charge >= 0.3 is 5.97 Å². The topological polar surface area (TPSA) is 29.5 Å². The summed E-state index contributed by atoms with van der Waals surface area (Å²) in [5.41, 5.74) is -0.398. The molecular weight excluding hydrogens is 270 g/mol. The van der Waals surface area contributed by atoms with Gasteiger partial charge in [0.2, 0.25) is 0 Å². The van der Waals surface area contributed by atoms with Crippen molar-refractivity contribution in [1.29, 1.82) is 0 Å². The Morgan fingerprint density at radius 2 is 1.88 bits per heavy atom. The van der Waals surface area contributed by atoms with Gasteiger partial charge in [0.15, 0.2) is 0 Å². The molecule has 0 aromatic rings. The molecule has 0 spiro atoms. The zero-order valence-corrected chi connectivity index (χ0v) is 12.0. The predicted octanol–water partition coefficient (Wildman–Crippen LogP) is 2.58. The van der Waals surface area contributed by atoms with Crippen molar-refractivity contribution < 1.29 is 9.53 Å². The van der Waals surface area contributed by atoms with Crippen LogP contribution in [0, 0.1) is 0 Å². The van der Waals surface area contributed by atoms with Gasteiger partial charge in [0.1, 0.15) is 10.4 Å². The monoisotopic (exact) mass is 291 g/mol. The highest BCUT2D eigenvalue weighted by atomic mass is 79.9. The minimum absolute atomic E-state index is 0.155. The van der Waals surface area contributed by atoms with Crippen molar-refractivity contribution in [3.63, 3.8) is 0 Å². The van der Waals surface area contributed by atoms with Crippen LogP contribution in [0.15, 0.2) is 0 Å². The number of hydrogen-bond donors (Lipinski definition) is 0. The highest BCUT2D eigenvalue weighted by Crippen LogP contribution is 2.15. The van der Waals surface area contributed by atoms with Crippen LogP contribution in [0.25, 0.3) is 0 Å². The molecule has 0 radical (unpaired) electrons. The fraction of sp³-hybridized carbons (Fsp3) is 0.917. The van der Waals surface area contributed by atoms with E-state index in [9.17, 15) is 4.79 Å². The number of esters is 1. The van der Waals surface area contributed by atoms with Crippen molar-refractivity contribution in [3.8, 4) is 0 Å². The maximum Gasteiger partial charge on any atom is 0.321 e. The van der Waals surface area contributed by atoms with Crippen LogP contribution in [0.3, 0.4) is 0 Å². The first-order chi connectivity index (χ1) is 7.38. The number of nitrogens with zero attached hydrogens (tertiary/aromatic N) is 1. The highest BCUT2D eigenvalue weighted by Gasteiger charge is 2.25. The summed E-state index contributed by atoms with van der Waals surface area (Å²) >= 11 is 3.42. The minimum Gasteiger partial charge on any atom is -0.459 e. The molecule has 1 fully saturated rings. The van der Waals surface area contributed by atoms with Crippen molar-refractivity contribution in [1.82, 2.24) is 4.90 Å². The van der Waals surface area contributed by atoms with Gasteiger partial charge < -0.3 is 9.64 Å². The van der Waals surface area contributed by atoms with Gasteiger partial charge in [-0.15, -0.1) is 0 Å². The lowest BCUT2D eigenvalue weighted by Gasteiger charge is -2.29. The summed E-state index contributed by atoms with van der Waals surface area (Å²) in [5, 5.41) is 0. The number of carbonyl (C=O) groups excluding carboxylic acids is 1. The standard InChI is InChI=1S/C12H22BrNO2/c1-12(2,3)16-11(15)10(13)9-14-7-5-4-6-8-14/h10H,4-9H2,1-3H3. The van der Waals surface area contributed by atoms with E-state index in [-0.39, 0.29) is 10.8 Å². The summed E-state index contributed by atoms with van der Waals surface area (Å²) < 4.78 is 5.33. The van der Waals surface area contributed by atoms with Crippen LogP contribution in [0.1, 0.15) is 40.0 Å². The Morgan fingerprint density at radius 1 is 1.31 bits per heavy atom. The summed E-state index contributed by atoms with van der Waals surface area (Å²) in [7, 11) is 0. The van der Waals surface area contributed by atoms with Gasteiger partial charge in [-0.3, -0.25) is 4.79 Å². The third-order valence-electron chi connectivity index (χ3n) is 2.53. The SMILES string of the molecule is CC(C)(C)OC(=O)C(Br)CN1CCCCC1. The minimum atomic E-state index is -0.398. The second-order valence-electron chi connectivity index (χ2n) is 5.36. The van der Waals surface area contributed by atoms with E-state index in [1.807, 2.05) is 20.8 Å². The van der Waals surface area contributed by atoms with Crippen molar-refractivity contribution in [2.24, 2.45) is 0 Å². The second-order valence-corrected chi connectivity index (χ2v) is 6.47. The molecule has 94 valence electrons. The summed E-state index contributed by atoms with van der Waals surface area (Å²) in [4.78, 5) is 13.9. The van der Waals surface area contributed by atoms with Gasteiger partial charge in [-0.05, 0) is 46.7 Å². The number of halogens is 1. The number of likely N-dealkylation sites (tertiary alicyclic amines) is 1. The van der Waals surface area contributed by atoms with Crippen molar-refractivity contribution in [3.05, 3.63) is 0 Å². The zero-order valence-electron chi connectivity index (χ0n) is 10.5. The van der Waals surface area contributed by atoms with Crippen LogP contribution < -0.4 is 0 Å². The third-order valence-corrected chi connectivity index (χ3v) is 3.19. The number of ether oxygens (including phenoxy) is 1. The number of piperidine rings is 1. The van der Waals surface area contributed by atoms with E-state index in [0.717, 1.165) is 19.6 Å². The number of alkyl halides is 1. The van der Waals surface area contributed by atoms with Crippen molar-refractivity contribution >= 4 is 21.9 Å². The Balaban J connectivity index is 2.33. The molecule has 0 aromatic heterocycles. The van der Waals surface area contributed by atoms with Crippen LogP contribution in [-0.4, -0.2) is 40.9 Å². The molecule has 1 heterocycles. The van der Waals surface area contributed by atoms with Crippen molar-refractivity contribution in [2.45, 2.75) is 50.5 Å². The first kappa shape index (κ1) is 14.0. The molecule has 0 saturated carbocycles. The molecule has 3 nitrogen and oxygen atoms in total. The van der Waals surface area contributed by atoms with E-state index in [1.165, 1.54) is 19.3 Å². The molecule has 0 amide bonds. The maximum atomic E-state index is 11.7. The maximum absolute atomic E-state index is 11.7. The Morgan fingerprint density at radius 3 is 2.38 bits per heavy atom. The van der Waals surface area contributed by atoms with E-state index < -0.39 is 5.60 Å². The van der Waals surface area contributed by atoms with Crippen molar-refractivity contribution in [2.75, 3.05) is 19.6 Å². The predicted molar refractivity (Wildman–Crippen MR) is 68.9 cm³/mol. The lowest BCUT2D eigenvalue weighted by molar-refractivity contribution is -0.154. The van der Waals surface area contributed by atoms with E-state index in [0.29, 0.717) is 0 Å². The van der Waals surface area contributed by atoms with Crippen LogP contribution in [-0.2, 0) is 9.53 Å². The average molecular weight is 292 g/mol. The largest absolute Gasteiger partial charge is 0.459 e. The molecule has 1 saturated heterocycles. The number of rotatable bonds is 3.